The van der Waals surface area contributed by atoms with Gasteiger partial charge in [-0.3, -0.25) is 0 Å². The Bertz CT molecular complexity index is 1420. The maximum atomic E-state index is 5.78. The highest BCUT2D eigenvalue weighted by molar-refractivity contribution is 7.25. The number of furan rings is 1. The first kappa shape index (κ1) is 17.0. The van der Waals surface area contributed by atoms with E-state index in [0.717, 1.165) is 11.2 Å². The SMILES string of the molecule is Cc1ccc2sc3ccccc3c2c1.Cc1cccc2c1oc1ccccc12. The van der Waals surface area contributed by atoms with Gasteiger partial charge < -0.3 is 4.42 Å². The molecule has 0 fully saturated rings. The molecule has 0 aliphatic carbocycles. The van der Waals surface area contributed by atoms with Crippen LogP contribution in [0.4, 0.5) is 0 Å². The van der Waals surface area contributed by atoms with Crippen LogP contribution < -0.4 is 0 Å². The molecule has 0 saturated carbocycles. The summed E-state index contributed by atoms with van der Waals surface area (Å²) in [6.07, 6.45) is 0. The molecule has 136 valence electrons. The first-order valence-corrected chi connectivity index (χ1v) is 10.3. The van der Waals surface area contributed by atoms with E-state index in [1.54, 1.807) is 0 Å². The lowest BCUT2D eigenvalue weighted by Crippen LogP contribution is -1.70. The van der Waals surface area contributed by atoms with E-state index in [4.69, 9.17) is 4.42 Å². The van der Waals surface area contributed by atoms with E-state index >= 15 is 0 Å². The van der Waals surface area contributed by atoms with Crippen molar-refractivity contribution in [3.63, 3.8) is 0 Å². The standard InChI is InChI=1S/C13H10O.C13H10S/c1-9-5-4-7-11-10-6-2-3-8-12(10)14-13(9)11;1-9-6-7-13-11(8-9)10-4-2-3-5-12(10)14-13/h2*2-8H,1H3. The van der Waals surface area contributed by atoms with Crippen molar-refractivity contribution in [2.45, 2.75) is 13.8 Å². The van der Waals surface area contributed by atoms with Gasteiger partial charge in [0.1, 0.15) is 11.2 Å². The van der Waals surface area contributed by atoms with Crippen molar-refractivity contribution < 1.29 is 4.42 Å². The quantitative estimate of drug-likeness (QED) is 0.258. The van der Waals surface area contributed by atoms with Gasteiger partial charge in [0.2, 0.25) is 0 Å². The third-order valence-corrected chi connectivity index (χ3v) is 6.29. The van der Waals surface area contributed by atoms with Crippen LogP contribution in [0.2, 0.25) is 0 Å². The highest BCUT2D eigenvalue weighted by atomic mass is 32.1. The Kier molecular flexibility index (Phi) is 4.14. The summed E-state index contributed by atoms with van der Waals surface area (Å²) in [6, 6.07) is 29.7. The monoisotopic (exact) mass is 380 g/mol. The Balaban J connectivity index is 0.000000122. The smallest absolute Gasteiger partial charge is 0.138 e. The van der Waals surface area contributed by atoms with Gasteiger partial charge in [0, 0.05) is 30.9 Å². The number of hydrogen-bond donors (Lipinski definition) is 0. The molecule has 28 heavy (non-hydrogen) atoms. The number of aryl methyl sites for hydroxylation is 2. The second kappa shape index (κ2) is 6.81. The Morgan fingerprint density at radius 3 is 2.21 bits per heavy atom. The molecule has 0 saturated heterocycles. The summed E-state index contributed by atoms with van der Waals surface area (Å²) < 4.78 is 8.55. The van der Waals surface area contributed by atoms with Gasteiger partial charge in [-0.25, -0.2) is 0 Å². The summed E-state index contributed by atoms with van der Waals surface area (Å²) in [6.45, 7) is 4.22. The van der Waals surface area contributed by atoms with Crippen molar-refractivity contribution in [3.8, 4) is 0 Å². The van der Waals surface area contributed by atoms with E-state index < -0.39 is 0 Å². The molecule has 0 aliphatic rings. The molecule has 6 aromatic rings. The van der Waals surface area contributed by atoms with Crippen molar-refractivity contribution in [1.82, 2.24) is 0 Å². The van der Waals surface area contributed by atoms with Gasteiger partial charge >= 0.3 is 0 Å². The fraction of sp³-hybridized carbons (Fsp3) is 0.0769. The molecular weight excluding hydrogens is 360 g/mol. The molecule has 2 heterocycles. The lowest BCUT2D eigenvalue weighted by molar-refractivity contribution is 0.666. The number of fused-ring (bicyclic) bond motifs is 6. The van der Waals surface area contributed by atoms with Crippen LogP contribution in [-0.4, -0.2) is 0 Å². The Morgan fingerprint density at radius 2 is 1.32 bits per heavy atom. The molecular formula is C26H20OS. The van der Waals surface area contributed by atoms with Crippen LogP contribution in [0.5, 0.6) is 0 Å². The van der Waals surface area contributed by atoms with Crippen LogP contribution in [0.15, 0.2) is 89.3 Å². The Morgan fingerprint density at radius 1 is 0.607 bits per heavy atom. The van der Waals surface area contributed by atoms with Gasteiger partial charge in [0.15, 0.2) is 0 Å². The van der Waals surface area contributed by atoms with Crippen LogP contribution in [0.25, 0.3) is 42.1 Å². The van der Waals surface area contributed by atoms with E-state index in [0.29, 0.717) is 0 Å². The van der Waals surface area contributed by atoms with E-state index in [2.05, 4.69) is 80.6 Å². The summed E-state index contributed by atoms with van der Waals surface area (Å²) in [5, 5.41) is 5.19. The number of thiophene rings is 1. The van der Waals surface area contributed by atoms with Gasteiger partial charge in [0.05, 0.1) is 0 Å². The zero-order valence-corrected chi connectivity index (χ0v) is 16.7. The van der Waals surface area contributed by atoms with Crippen LogP contribution in [-0.2, 0) is 0 Å². The summed E-state index contributed by atoms with van der Waals surface area (Å²) >= 11 is 1.87. The summed E-state index contributed by atoms with van der Waals surface area (Å²) in [7, 11) is 0. The zero-order chi connectivity index (χ0) is 19.1. The van der Waals surface area contributed by atoms with Gasteiger partial charge in [0.25, 0.3) is 0 Å². The van der Waals surface area contributed by atoms with Crippen LogP contribution >= 0.6 is 11.3 Å². The maximum absolute atomic E-state index is 5.78. The molecule has 0 atom stereocenters. The first-order valence-electron chi connectivity index (χ1n) is 9.45. The average molecular weight is 381 g/mol. The largest absolute Gasteiger partial charge is 0.456 e. The van der Waals surface area contributed by atoms with E-state index in [9.17, 15) is 0 Å². The summed E-state index contributed by atoms with van der Waals surface area (Å²) in [5.41, 5.74) is 4.50. The number of para-hydroxylation sites is 2. The van der Waals surface area contributed by atoms with Crippen LogP contribution in [0, 0.1) is 13.8 Å². The lowest BCUT2D eigenvalue weighted by Gasteiger charge is -1.92. The molecule has 0 bridgehead atoms. The van der Waals surface area contributed by atoms with Crippen LogP contribution in [0.3, 0.4) is 0 Å². The van der Waals surface area contributed by atoms with Crippen molar-refractivity contribution in [2.24, 2.45) is 0 Å². The number of rotatable bonds is 0. The van der Waals surface area contributed by atoms with Crippen molar-refractivity contribution in [1.29, 1.82) is 0 Å². The molecule has 1 nitrogen and oxygen atoms in total. The summed E-state index contributed by atoms with van der Waals surface area (Å²) in [5.74, 6) is 0. The van der Waals surface area contributed by atoms with Gasteiger partial charge in [-0.2, -0.15) is 0 Å². The van der Waals surface area contributed by atoms with Gasteiger partial charge in [-0.05, 0) is 43.7 Å². The second-order valence-corrected chi connectivity index (χ2v) is 8.23. The zero-order valence-electron chi connectivity index (χ0n) is 15.9. The van der Waals surface area contributed by atoms with Crippen molar-refractivity contribution in [3.05, 3.63) is 96.1 Å². The van der Waals surface area contributed by atoms with E-state index in [-0.39, 0.29) is 0 Å². The van der Waals surface area contributed by atoms with Gasteiger partial charge in [-0.15, -0.1) is 11.3 Å². The molecule has 0 unspecified atom stereocenters. The first-order chi connectivity index (χ1) is 13.7. The maximum Gasteiger partial charge on any atom is 0.138 e. The lowest BCUT2D eigenvalue weighted by atomic mass is 10.1. The van der Waals surface area contributed by atoms with E-state index in [1.165, 1.54) is 42.1 Å². The normalized spacial score (nSPS) is 11.2. The second-order valence-electron chi connectivity index (χ2n) is 7.15. The molecule has 0 N–H and O–H groups in total. The number of hydrogen-bond acceptors (Lipinski definition) is 2. The van der Waals surface area contributed by atoms with Crippen LogP contribution in [0.1, 0.15) is 11.1 Å². The Labute approximate surface area is 167 Å². The van der Waals surface area contributed by atoms with Crippen molar-refractivity contribution >= 4 is 53.4 Å². The topological polar surface area (TPSA) is 13.1 Å². The fourth-order valence-corrected chi connectivity index (χ4v) is 4.81. The molecule has 2 heteroatoms. The molecule has 0 aliphatic heterocycles. The fourth-order valence-electron chi connectivity index (χ4n) is 3.73. The predicted octanol–water partition coefficient (Wildman–Crippen LogP) is 8.26. The molecule has 0 amide bonds. The molecule has 6 rings (SSSR count). The van der Waals surface area contributed by atoms with Crippen molar-refractivity contribution in [2.75, 3.05) is 0 Å². The average Bonchev–Trinajstić information content (AvgIpc) is 3.28. The third-order valence-electron chi connectivity index (χ3n) is 5.13. The molecule has 4 aromatic carbocycles. The molecule has 0 spiro atoms. The van der Waals surface area contributed by atoms with E-state index in [1.807, 2.05) is 29.5 Å². The number of benzene rings is 4. The molecule has 2 aromatic heterocycles. The molecule has 0 radical (unpaired) electrons. The minimum absolute atomic E-state index is 0.969. The Hall–Kier alpha value is -3.10. The minimum atomic E-state index is 0.969. The minimum Gasteiger partial charge on any atom is -0.456 e. The highest BCUT2D eigenvalue weighted by Crippen LogP contribution is 2.34. The highest BCUT2D eigenvalue weighted by Gasteiger charge is 2.06. The van der Waals surface area contributed by atoms with Gasteiger partial charge in [-0.1, -0.05) is 66.2 Å². The summed E-state index contributed by atoms with van der Waals surface area (Å²) in [4.78, 5) is 0. The predicted molar refractivity (Wildman–Crippen MR) is 123 cm³/mol. The third kappa shape index (κ3) is 2.87.